The van der Waals surface area contributed by atoms with Crippen LogP contribution in [0.15, 0.2) is 36.5 Å². The minimum atomic E-state index is -0.961. The summed E-state index contributed by atoms with van der Waals surface area (Å²) in [5, 5.41) is 17.8. The first kappa shape index (κ1) is 36.9. The monoisotopic (exact) mass is 760 g/mol. The highest BCUT2D eigenvalue weighted by Gasteiger charge is 2.49. The lowest BCUT2D eigenvalue weighted by Gasteiger charge is -2.31. The Hall–Kier alpha value is -5.06. The summed E-state index contributed by atoms with van der Waals surface area (Å²) in [6, 6.07) is 8.02. The molecule has 3 aromatic heterocycles. The van der Waals surface area contributed by atoms with Crippen LogP contribution < -0.4 is 19.7 Å². The minimum Gasteiger partial charge on any atom is -0.468 e. The molecular weight excluding hydrogens is 717 g/mol. The zero-order chi connectivity index (χ0) is 38.3. The van der Waals surface area contributed by atoms with Gasteiger partial charge in [0.05, 0.1) is 29.8 Å². The average Bonchev–Trinajstić information content (AvgIpc) is 3.82. The van der Waals surface area contributed by atoms with Gasteiger partial charge in [-0.25, -0.2) is 13.2 Å². The Bertz CT molecular complexity index is 2260. The summed E-state index contributed by atoms with van der Waals surface area (Å²) in [5.74, 6) is -0.811. The number of hydrogen-bond acceptors (Lipinski definition) is 11. The van der Waals surface area contributed by atoms with Gasteiger partial charge in [-0.3, -0.25) is 19.4 Å². The minimum absolute atomic E-state index is 0.0480. The Labute approximate surface area is 315 Å². The van der Waals surface area contributed by atoms with Crippen LogP contribution in [0, 0.1) is 11.6 Å². The zero-order valence-corrected chi connectivity index (χ0v) is 30.8. The first-order valence-electron chi connectivity index (χ1n) is 18.7. The number of aliphatic hydroxyl groups is 1. The summed E-state index contributed by atoms with van der Waals surface area (Å²) >= 11 is 0. The van der Waals surface area contributed by atoms with Crippen LogP contribution in [0.3, 0.4) is 0 Å². The van der Waals surface area contributed by atoms with E-state index >= 15 is 8.78 Å². The van der Waals surface area contributed by atoms with Crippen LogP contribution in [0.5, 0.6) is 11.8 Å². The second kappa shape index (κ2) is 15.2. The predicted octanol–water partition coefficient (Wildman–Crippen LogP) is 4.95. The number of hydrogen-bond donors (Lipinski definition) is 2. The van der Waals surface area contributed by atoms with Gasteiger partial charge in [-0.2, -0.15) is 15.1 Å². The molecule has 0 aliphatic carbocycles. The lowest BCUT2D eigenvalue weighted by molar-refractivity contribution is 0.0512. The van der Waals surface area contributed by atoms with E-state index in [2.05, 4.69) is 25.3 Å². The lowest BCUT2D eigenvalue weighted by atomic mass is 9.94. The molecule has 0 saturated carbocycles. The Morgan fingerprint density at radius 3 is 2.80 bits per heavy atom. The van der Waals surface area contributed by atoms with Crippen LogP contribution in [0.25, 0.3) is 32.9 Å². The maximum atomic E-state index is 17.3. The van der Waals surface area contributed by atoms with Crippen molar-refractivity contribution in [2.45, 2.75) is 63.8 Å². The molecule has 290 valence electrons. The summed E-state index contributed by atoms with van der Waals surface area (Å²) < 4.78 is 66.3. The smallest absolute Gasteiger partial charge is 0.319 e. The Morgan fingerprint density at radius 1 is 1.11 bits per heavy atom. The summed E-state index contributed by atoms with van der Waals surface area (Å²) in [6.07, 6.45) is 3.57. The molecule has 55 heavy (non-hydrogen) atoms. The van der Waals surface area contributed by atoms with Crippen LogP contribution >= 0.6 is 0 Å². The number of nitrogens with zero attached hydrogens (tertiary/aromatic N) is 7. The van der Waals surface area contributed by atoms with Crippen molar-refractivity contribution in [3.05, 3.63) is 65.1 Å². The second-order valence-corrected chi connectivity index (χ2v) is 14.4. The SMILES string of the molecule is CCc1c(F)ccc2cc(OCOC)cc(-c3ncc4c(N5CCCn6nc(C(=O)NCCO)cc6C5)nc(OC[C@@]56CCCN5C[C@H](F)C6)nc4c3F)c12. The molecule has 2 aromatic carbocycles. The van der Waals surface area contributed by atoms with Crippen LogP contribution in [0.2, 0.25) is 0 Å². The second-order valence-electron chi connectivity index (χ2n) is 14.4. The molecule has 0 unspecified atom stereocenters. The van der Waals surface area contributed by atoms with Crippen molar-refractivity contribution in [1.82, 2.24) is 34.9 Å². The standard InChI is InChI=1S/C39H43F3N8O5/c1-3-27-30(41)7-6-23-14-26(55-22-53-2)16-28(32(23)27)34-33(42)35-29(18-44-34)36(46-38(45-35)54-21-39-8-4-11-49(39)19-24(40)17-39)48-10-5-12-50-25(20-48)15-31(47-50)37(52)43-9-13-51/h6-7,14-16,18,24,51H,3-5,8-13,17,19-22H2,1-2H3,(H,43,52)/t24-,39+/m1/s1. The van der Waals surface area contributed by atoms with Gasteiger partial charge < -0.3 is 29.5 Å². The average molecular weight is 761 g/mol. The summed E-state index contributed by atoms with van der Waals surface area (Å²) in [4.78, 5) is 30.9. The molecule has 6 heterocycles. The van der Waals surface area contributed by atoms with Gasteiger partial charge >= 0.3 is 6.01 Å². The fourth-order valence-electron chi connectivity index (χ4n) is 8.41. The van der Waals surface area contributed by atoms with Crippen molar-refractivity contribution >= 4 is 33.4 Å². The molecule has 0 radical (unpaired) electrons. The Morgan fingerprint density at radius 2 is 1.98 bits per heavy atom. The molecule has 0 bridgehead atoms. The Balaban J connectivity index is 1.25. The van der Waals surface area contributed by atoms with E-state index in [0.717, 1.165) is 25.1 Å². The number of aryl methyl sites for hydroxylation is 2. The molecule has 2 atom stereocenters. The van der Waals surface area contributed by atoms with Crippen LogP contribution in [-0.2, 0) is 24.2 Å². The van der Waals surface area contributed by atoms with Crippen molar-refractivity contribution < 1.29 is 37.3 Å². The van der Waals surface area contributed by atoms with Crippen molar-refractivity contribution in [3.63, 3.8) is 0 Å². The van der Waals surface area contributed by atoms with E-state index in [1.54, 1.807) is 28.9 Å². The third-order valence-electron chi connectivity index (χ3n) is 10.9. The third kappa shape index (κ3) is 6.91. The quantitative estimate of drug-likeness (QED) is 0.167. The predicted molar refractivity (Wildman–Crippen MR) is 198 cm³/mol. The van der Waals surface area contributed by atoms with Gasteiger partial charge in [-0.15, -0.1) is 0 Å². The van der Waals surface area contributed by atoms with Crippen LogP contribution in [0.1, 0.15) is 54.4 Å². The number of benzene rings is 2. The van der Waals surface area contributed by atoms with E-state index in [9.17, 15) is 9.18 Å². The summed E-state index contributed by atoms with van der Waals surface area (Å²) in [5.41, 5.74) is 1.09. The molecule has 16 heteroatoms. The largest absolute Gasteiger partial charge is 0.468 e. The van der Waals surface area contributed by atoms with Gasteiger partial charge in [-0.05, 0) is 72.8 Å². The third-order valence-corrected chi connectivity index (χ3v) is 10.9. The van der Waals surface area contributed by atoms with Crippen LogP contribution in [-0.4, -0.2) is 106 Å². The maximum Gasteiger partial charge on any atom is 0.319 e. The molecule has 2 saturated heterocycles. The highest BCUT2D eigenvalue weighted by atomic mass is 19.1. The number of halogens is 3. The zero-order valence-electron chi connectivity index (χ0n) is 30.8. The molecule has 0 spiro atoms. The first-order valence-corrected chi connectivity index (χ1v) is 18.7. The van der Waals surface area contributed by atoms with E-state index in [4.69, 9.17) is 24.3 Å². The number of carbonyl (C=O) groups excluding carboxylic acids is 1. The van der Waals surface area contributed by atoms with Crippen LogP contribution in [0.4, 0.5) is 19.0 Å². The molecule has 3 aliphatic rings. The number of aliphatic hydroxyl groups excluding tert-OH is 1. The number of nitrogens with one attached hydrogen (secondary N) is 1. The van der Waals surface area contributed by atoms with Gasteiger partial charge in [-0.1, -0.05) is 13.0 Å². The number of anilines is 1. The van der Waals surface area contributed by atoms with Crippen molar-refractivity contribution in [1.29, 1.82) is 0 Å². The molecule has 5 aromatic rings. The molecular formula is C39H43F3N8O5. The fraction of sp³-hybridized carbons (Fsp3) is 0.462. The van der Waals surface area contributed by atoms with E-state index in [0.29, 0.717) is 77.7 Å². The normalized spacial score (nSPS) is 19.8. The lowest BCUT2D eigenvalue weighted by Crippen LogP contribution is -2.43. The number of fused-ring (bicyclic) bond motifs is 4. The van der Waals surface area contributed by atoms with Crippen molar-refractivity contribution in [3.8, 4) is 23.0 Å². The van der Waals surface area contributed by atoms with Gasteiger partial charge in [0.15, 0.2) is 18.3 Å². The van der Waals surface area contributed by atoms with Crippen molar-refractivity contribution in [2.75, 3.05) is 58.2 Å². The molecule has 2 fully saturated rings. The topological polar surface area (TPSA) is 140 Å². The molecule has 3 aliphatic heterocycles. The first-order chi connectivity index (χ1) is 26.7. The fourth-order valence-corrected chi connectivity index (χ4v) is 8.41. The number of aromatic nitrogens is 5. The number of carbonyl (C=O) groups is 1. The molecule has 8 rings (SSSR count). The summed E-state index contributed by atoms with van der Waals surface area (Å²) in [6.45, 7) is 4.26. The number of methoxy groups -OCH3 is 1. The maximum absolute atomic E-state index is 17.3. The van der Waals surface area contributed by atoms with Crippen molar-refractivity contribution in [2.24, 2.45) is 0 Å². The molecule has 13 nitrogen and oxygen atoms in total. The number of amides is 1. The number of pyridine rings is 1. The number of alkyl halides is 1. The summed E-state index contributed by atoms with van der Waals surface area (Å²) in [7, 11) is 1.49. The molecule has 2 N–H and O–H groups in total. The molecule has 1 amide bonds. The van der Waals surface area contributed by atoms with Gasteiger partial charge in [0.25, 0.3) is 5.91 Å². The van der Waals surface area contributed by atoms with E-state index in [1.807, 2.05) is 11.8 Å². The number of rotatable bonds is 12. The van der Waals surface area contributed by atoms with E-state index in [1.165, 1.54) is 19.4 Å². The Kier molecular flexibility index (Phi) is 10.2. The highest BCUT2D eigenvalue weighted by Crippen LogP contribution is 2.42. The van der Waals surface area contributed by atoms with Gasteiger partial charge in [0.2, 0.25) is 0 Å². The highest BCUT2D eigenvalue weighted by molar-refractivity contribution is 6.02. The number of ether oxygens (including phenoxy) is 3. The van der Waals surface area contributed by atoms with Gasteiger partial charge in [0.1, 0.15) is 41.4 Å². The van der Waals surface area contributed by atoms with Gasteiger partial charge in [0, 0.05) is 51.5 Å². The van der Waals surface area contributed by atoms with E-state index < -0.39 is 29.3 Å². The van der Waals surface area contributed by atoms with E-state index in [-0.39, 0.29) is 56.0 Å².